The quantitative estimate of drug-likeness (QED) is 0.834. The third-order valence-electron chi connectivity index (χ3n) is 3.13. The van der Waals surface area contributed by atoms with Crippen molar-refractivity contribution >= 4 is 11.7 Å². The summed E-state index contributed by atoms with van der Waals surface area (Å²) >= 11 is 1.31. The highest BCUT2D eigenvalue weighted by molar-refractivity contribution is 6.99. The first-order chi connectivity index (χ1) is 6.92. The van der Waals surface area contributed by atoms with Crippen molar-refractivity contribution in [2.75, 3.05) is 7.05 Å². The van der Waals surface area contributed by atoms with Gasteiger partial charge < -0.3 is 5.32 Å². The zero-order valence-corrected chi connectivity index (χ0v) is 9.39. The fourth-order valence-corrected chi connectivity index (χ4v) is 2.86. The number of nitrogens with zero attached hydrogens (tertiary/aromatic N) is 2. The summed E-state index contributed by atoms with van der Waals surface area (Å²) in [6.07, 6.45) is 8.73. The smallest absolute Gasteiger partial charge is 0.0914 e. The van der Waals surface area contributed by atoms with Crippen LogP contribution < -0.4 is 5.32 Å². The molecule has 0 aliphatic heterocycles. The van der Waals surface area contributed by atoms with E-state index in [1.54, 1.807) is 0 Å². The van der Waals surface area contributed by atoms with Crippen molar-refractivity contribution in [1.82, 2.24) is 14.1 Å². The monoisotopic (exact) mass is 211 g/mol. The Bertz CT molecular complexity index is 254. The Morgan fingerprint density at radius 1 is 1.43 bits per heavy atom. The molecule has 0 radical (unpaired) electrons. The van der Waals surface area contributed by atoms with E-state index in [1.807, 2.05) is 13.2 Å². The van der Waals surface area contributed by atoms with Crippen LogP contribution in [-0.2, 0) is 0 Å². The largest absolute Gasteiger partial charge is 0.311 e. The van der Waals surface area contributed by atoms with Gasteiger partial charge in [-0.3, -0.25) is 0 Å². The molecule has 4 heteroatoms. The molecule has 1 fully saturated rings. The van der Waals surface area contributed by atoms with Gasteiger partial charge in [-0.05, 0) is 25.8 Å². The molecule has 1 unspecified atom stereocenters. The zero-order valence-electron chi connectivity index (χ0n) is 8.57. The van der Waals surface area contributed by atoms with Crippen LogP contribution in [0.3, 0.4) is 0 Å². The molecule has 1 aromatic rings. The van der Waals surface area contributed by atoms with E-state index in [2.05, 4.69) is 14.1 Å². The predicted octanol–water partition coefficient (Wildman–Crippen LogP) is 2.38. The molecule has 2 rings (SSSR count). The number of rotatable bonds is 3. The van der Waals surface area contributed by atoms with Crippen molar-refractivity contribution in [3.8, 4) is 0 Å². The van der Waals surface area contributed by atoms with Gasteiger partial charge in [0, 0.05) is 0 Å². The summed E-state index contributed by atoms with van der Waals surface area (Å²) in [4.78, 5) is 0. The maximum Gasteiger partial charge on any atom is 0.0914 e. The van der Waals surface area contributed by atoms with Crippen LogP contribution in [0.1, 0.15) is 43.8 Å². The average molecular weight is 211 g/mol. The van der Waals surface area contributed by atoms with Crippen LogP contribution in [0.5, 0.6) is 0 Å². The number of hydrogen-bond acceptors (Lipinski definition) is 4. The van der Waals surface area contributed by atoms with Crippen molar-refractivity contribution in [1.29, 1.82) is 0 Å². The van der Waals surface area contributed by atoms with E-state index < -0.39 is 0 Å². The second-order valence-corrected chi connectivity index (χ2v) is 4.55. The highest BCUT2D eigenvalue weighted by Crippen LogP contribution is 2.33. The van der Waals surface area contributed by atoms with Crippen LogP contribution in [0.2, 0.25) is 0 Å². The first kappa shape index (κ1) is 10.1. The van der Waals surface area contributed by atoms with E-state index >= 15 is 0 Å². The minimum Gasteiger partial charge on any atom is -0.311 e. The minimum atomic E-state index is 0.425. The summed E-state index contributed by atoms with van der Waals surface area (Å²) < 4.78 is 8.41. The van der Waals surface area contributed by atoms with Crippen molar-refractivity contribution in [2.45, 2.75) is 38.1 Å². The zero-order chi connectivity index (χ0) is 9.80. The predicted molar refractivity (Wildman–Crippen MR) is 58.3 cm³/mol. The Hall–Kier alpha value is -0.480. The highest BCUT2D eigenvalue weighted by atomic mass is 32.1. The lowest BCUT2D eigenvalue weighted by Crippen LogP contribution is -2.27. The fourth-order valence-electron chi connectivity index (χ4n) is 2.40. The molecule has 1 saturated carbocycles. The Labute approximate surface area is 89.3 Å². The van der Waals surface area contributed by atoms with Gasteiger partial charge in [-0.1, -0.05) is 19.3 Å². The van der Waals surface area contributed by atoms with Crippen LogP contribution in [0.4, 0.5) is 0 Å². The third-order valence-corrected chi connectivity index (χ3v) is 3.62. The Kier molecular flexibility index (Phi) is 3.48. The highest BCUT2D eigenvalue weighted by Gasteiger charge is 2.25. The fraction of sp³-hybridized carbons (Fsp3) is 0.800. The van der Waals surface area contributed by atoms with Gasteiger partial charge in [0.2, 0.25) is 0 Å². The normalized spacial score (nSPS) is 20.9. The molecule has 3 nitrogen and oxygen atoms in total. The van der Waals surface area contributed by atoms with E-state index in [1.165, 1.54) is 43.8 Å². The summed E-state index contributed by atoms with van der Waals surface area (Å²) in [5, 5.41) is 3.38. The molecule has 1 N–H and O–H groups in total. The van der Waals surface area contributed by atoms with Crippen LogP contribution >= 0.6 is 11.7 Å². The molecule has 1 aliphatic carbocycles. The van der Waals surface area contributed by atoms with Gasteiger partial charge in [-0.2, -0.15) is 8.75 Å². The Balaban J connectivity index is 2.04. The van der Waals surface area contributed by atoms with Gasteiger partial charge in [0.1, 0.15) is 0 Å². The lowest BCUT2D eigenvalue weighted by atomic mass is 9.83. The van der Waals surface area contributed by atoms with Gasteiger partial charge in [-0.25, -0.2) is 0 Å². The molecule has 0 amide bonds. The maximum absolute atomic E-state index is 4.33. The van der Waals surface area contributed by atoms with E-state index in [-0.39, 0.29) is 0 Å². The molecule has 78 valence electrons. The van der Waals surface area contributed by atoms with Gasteiger partial charge in [-0.15, -0.1) is 0 Å². The van der Waals surface area contributed by atoms with E-state index in [9.17, 15) is 0 Å². The molecule has 14 heavy (non-hydrogen) atoms. The van der Waals surface area contributed by atoms with E-state index in [0.717, 1.165) is 11.6 Å². The van der Waals surface area contributed by atoms with Crippen molar-refractivity contribution in [3.05, 3.63) is 11.9 Å². The first-order valence-corrected chi connectivity index (χ1v) is 6.09. The van der Waals surface area contributed by atoms with Gasteiger partial charge in [0.25, 0.3) is 0 Å². The molecular formula is C10H17N3S. The van der Waals surface area contributed by atoms with Crippen LogP contribution in [0.15, 0.2) is 6.20 Å². The molecule has 1 aromatic heterocycles. The van der Waals surface area contributed by atoms with Crippen LogP contribution in [0, 0.1) is 5.92 Å². The SMILES string of the molecule is CNC(c1cnsn1)C1CCCCC1. The molecule has 0 aromatic carbocycles. The van der Waals surface area contributed by atoms with Crippen molar-refractivity contribution < 1.29 is 0 Å². The number of hydrogen-bond donors (Lipinski definition) is 1. The average Bonchev–Trinajstić information content (AvgIpc) is 2.74. The molecule has 0 spiro atoms. The summed E-state index contributed by atoms with van der Waals surface area (Å²) in [7, 11) is 2.03. The first-order valence-electron chi connectivity index (χ1n) is 5.36. The van der Waals surface area contributed by atoms with E-state index in [0.29, 0.717) is 6.04 Å². The van der Waals surface area contributed by atoms with Crippen molar-refractivity contribution in [2.24, 2.45) is 5.92 Å². The second-order valence-electron chi connectivity index (χ2n) is 4.00. The maximum atomic E-state index is 4.33. The van der Waals surface area contributed by atoms with Crippen LogP contribution in [0.25, 0.3) is 0 Å². The molecule has 0 bridgehead atoms. The van der Waals surface area contributed by atoms with E-state index in [4.69, 9.17) is 0 Å². The Morgan fingerprint density at radius 3 is 2.79 bits per heavy atom. The summed E-state index contributed by atoms with van der Waals surface area (Å²) in [5.41, 5.74) is 1.13. The molecular weight excluding hydrogens is 194 g/mol. The van der Waals surface area contributed by atoms with Crippen molar-refractivity contribution in [3.63, 3.8) is 0 Å². The molecule has 1 heterocycles. The summed E-state index contributed by atoms with van der Waals surface area (Å²) in [6.45, 7) is 0. The minimum absolute atomic E-state index is 0.425. The summed E-state index contributed by atoms with van der Waals surface area (Å²) in [5.74, 6) is 0.762. The molecule has 1 atom stereocenters. The second kappa shape index (κ2) is 4.84. The van der Waals surface area contributed by atoms with Gasteiger partial charge >= 0.3 is 0 Å². The molecule has 0 saturated heterocycles. The third kappa shape index (κ3) is 2.12. The lowest BCUT2D eigenvalue weighted by molar-refractivity contribution is 0.278. The standard InChI is InChI=1S/C10H17N3S/c1-11-10(9-7-12-14-13-9)8-5-3-2-4-6-8/h7-8,10-11H,2-6H2,1H3. The lowest BCUT2D eigenvalue weighted by Gasteiger charge is -2.28. The number of aromatic nitrogens is 2. The summed E-state index contributed by atoms with van der Waals surface area (Å²) in [6, 6.07) is 0.425. The van der Waals surface area contributed by atoms with Crippen LogP contribution in [-0.4, -0.2) is 15.8 Å². The number of nitrogens with one attached hydrogen (secondary N) is 1. The van der Waals surface area contributed by atoms with Gasteiger partial charge in [0.05, 0.1) is 29.7 Å². The van der Waals surface area contributed by atoms with Gasteiger partial charge in [0.15, 0.2) is 0 Å². The topological polar surface area (TPSA) is 37.8 Å². The molecule has 1 aliphatic rings. The Morgan fingerprint density at radius 2 is 2.21 bits per heavy atom.